The van der Waals surface area contributed by atoms with Gasteiger partial charge in [0.15, 0.2) is 0 Å². The molecular formula is C20H17ClN4O2. The molecule has 0 bridgehead atoms. The summed E-state index contributed by atoms with van der Waals surface area (Å²) in [5, 5.41) is 3.96. The number of fused-ring (bicyclic) bond motifs is 1. The third-order valence-corrected chi connectivity index (χ3v) is 4.58. The summed E-state index contributed by atoms with van der Waals surface area (Å²) >= 11 is 6.02. The number of aromatic amines is 1. The second-order valence-electron chi connectivity index (χ2n) is 6.13. The summed E-state index contributed by atoms with van der Waals surface area (Å²) in [4.78, 5) is 19.7. The van der Waals surface area contributed by atoms with Crippen molar-refractivity contribution in [2.24, 2.45) is 0 Å². The fourth-order valence-electron chi connectivity index (χ4n) is 2.97. The van der Waals surface area contributed by atoms with Crippen molar-refractivity contribution < 1.29 is 4.74 Å². The van der Waals surface area contributed by atoms with E-state index >= 15 is 0 Å². The molecule has 0 spiro atoms. The number of pyridine rings is 1. The van der Waals surface area contributed by atoms with Crippen LogP contribution >= 0.6 is 11.6 Å². The molecule has 0 aliphatic carbocycles. The van der Waals surface area contributed by atoms with Gasteiger partial charge in [0.1, 0.15) is 11.6 Å². The Bertz CT molecular complexity index is 1180. The number of hydrogen-bond acceptors (Lipinski definition) is 4. The number of methoxy groups -OCH3 is 1. The predicted octanol–water partition coefficient (Wildman–Crippen LogP) is 4.43. The molecule has 0 aliphatic rings. The van der Waals surface area contributed by atoms with Crippen LogP contribution in [0.4, 0.5) is 11.5 Å². The van der Waals surface area contributed by atoms with Gasteiger partial charge in [-0.05, 0) is 55.0 Å². The second-order valence-corrected chi connectivity index (χ2v) is 6.57. The normalized spacial score (nSPS) is 10.9. The summed E-state index contributed by atoms with van der Waals surface area (Å²) < 4.78 is 6.79. The Kier molecular flexibility index (Phi) is 4.33. The Morgan fingerprint density at radius 2 is 1.93 bits per heavy atom. The van der Waals surface area contributed by atoms with Crippen molar-refractivity contribution in [2.45, 2.75) is 6.92 Å². The molecule has 0 atom stereocenters. The van der Waals surface area contributed by atoms with Gasteiger partial charge >= 0.3 is 5.69 Å². The third kappa shape index (κ3) is 3.27. The van der Waals surface area contributed by atoms with Gasteiger partial charge in [-0.1, -0.05) is 11.6 Å². The zero-order valence-corrected chi connectivity index (χ0v) is 15.5. The van der Waals surface area contributed by atoms with E-state index in [1.165, 1.54) is 0 Å². The minimum Gasteiger partial charge on any atom is -0.497 e. The highest BCUT2D eigenvalue weighted by Gasteiger charge is 2.11. The van der Waals surface area contributed by atoms with Gasteiger partial charge in [-0.15, -0.1) is 0 Å². The lowest BCUT2D eigenvalue weighted by atomic mass is 10.2. The van der Waals surface area contributed by atoms with Gasteiger partial charge in [-0.2, -0.15) is 0 Å². The molecule has 4 rings (SSSR count). The summed E-state index contributed by atoms with van der Waals surface area (Å²) in [6.07, 6.45) is 1.64. The van der Waals surface area contributed by atoms with Crippen LogP contribution in [-0.4, -0.2) is 21.6 Å². The summed E-state index contributed by atoms with van der Waals surface area (Å²) in [6, 6.07) is 14.7. The molecule has 136 valence electrons. The topological polar surface area (TPSA) is 71.9 Å². The van der Waals surface area contributed by atoms with E-state index in [2.05, 4.69) is 15.3 Å². The van der Waals surface area contributed by atoms with Crippen LogP contribution in [0.5, 0.6) is 5.75 Å². The Balaban J connectivity index is 1.78. The number of rotatable bonds is 4. The van der Waals surface area contributed by atoms with Crippen molar-refractivity contribution in [3.05, 3.63) is 75.8 Å². The Morgan fingerprint density at radius 1 is 1.15 bits per heavy atom. The molecule has 7 heteroatoms. The van der Waals surface area contributed by atoms with E-state index in [1.54, 1.807) is 17.9 Å². The Labute approximate surface area is 160 Å². The largest absolute Gasteiger partial charge is 0.497 e. The highest BCUT2D eigenvalue weighted by molar-refractivity contribution is 6.30. The number of imidazole rings is 1. The third-order valence-electron chi connectivity index (χ3n) is 4.35. The molecule has 0 amide bonds. The molecule has 2 aromatic heterocycles. The van der Waals surface area contributed by atoms with Crippen molar-refractivity contribution in [1.82, 2.24) is 14.5 Å². The van der Waals surface area contributed by atoms with Crippen LogP contribution in [0, 0.1) is 6.92 Å². The zero-order valence-electron chi connectivity index (χ0n) is 14.8. The Morgan fingerprint density at radius 3 is 2.63 bits per heavy atom. The van der Waals surface area contributed by atoms with Crippen LogP contribution in [0.1, 0.15) is 5.56 Å². The first kappa shape index (κ1) is 17.2. The van der Waals surface area contributed by atoms with Crippen LogP contribution in [0.15, 0.2) is 59.5 Å². The van der Waals surface area contributed by atoms with Crippen molar-refractivity contribution >= 4 is 34.1 Å². The van der Waals surface area contributed by atoms with E-state index in [-0.39, 0.29) is 5.69 Å². The number of aromatic nitrogens is 3. The van der Waals surface area contributed by atoms with E-state index < -0.39 is 0 Å². The van der Waals surface area contributed by atoms with Crippen LogP contribution in [0.25, 0.3) is 16.7 Å². The van der Waals surface area contributed by atoms with Gasteiger partial charge in [0.25, 0.3) is 0 Å². The highest BCUT2D eigenvalue weighted by atomic mass is 35.5. The van der Waals surface area contributed by atoms with Crippen LogP contribution in [0.3, 0.4) is 0 Å². The molecule has 6 nitrogen and oxygen atoms in total. The maximum absolute atomic E-state index is 12.5. The number of anilines is 2. The zero-order chi connectivity index (χ0) is 19.0. The molecule has 4 aromatic rings. The van der Waals surface area contributed by atoms with Crippen LogP contribution in [-0.2, 0) is 0 Å². The maximum atomic E-state index is 12.5. The minimum atomic E-state index is -0.225. The highest BCUT2D eigenvalue weighted by Crippen LogP contribution is 2.25. The van der Waals surface area contributed by atoms with E-state index in [0.717, 1.165) is 28.2 Å². The molecular weight excluding hydrogens is 364 g/mol. The van der Waals surface area contributed by atoms with Gasteiger partial charge in [0.2, 0.25) is 0 Å². The number of hydrogen-bond donors (Lipinski definition) is 2. The van der Waals surface area contributed by atoms with Crippen molar-refractivity contribution in [3.8, 4) is 11.4 Å². The number of H-pyrrole nitrogens is 1. The number of ether oxygens (including phenoxy) is 1. The van der Waals surface area contributed by atoms with Gasteiger partial charge in [0.05, 0.1) is 30.0 Å². The lowest BCUT2D eigenvalue weighted by Gasteiger charge is -2.10. The van der Waals surface area contributed by atoms with Crippen LogP contribution in [0.2, 0.25) is 5.02 Å². The molecule has 2 aromatic carbocycles. The van der Waals surface area contributed by atoms with Crippen molar-refractivity contribution in [3.63, 3.8) is 0 Å². The molecule has 0 radical (unpaired) electrons. The number of aryl methyl sites for hydroxylation is 1. The fourth-order valence-corrected chi connectivity index (χ4v) is 3.19. The Hall–Kier alpha value is -3.25. The lowest BCUT2D eigenvalue weighted by molar-refractivity contribution is 0.414. The van der Waals surface area contributed by atoms with E-state index in [4.69, 9.17) is 16.3 Å². The number of benzene rings is 2. The molecule has 27 heavy (non-hydrogen) atoms. The van der Waals surface area contributed by atoms with E-state index in [1.807, 2.05) is 55.5 Å². The first-order valence-electron chi connectivity index (χ1n) is 8.33. The molecule has 0 saturated heterocycles. The SMILES string of the molecule is COc1ccc(-n2c(=O)[nH]c3cnc(Nc4ccc(Cl)cc4C)cc32)cc1. The molecule has 0 unspecified atom stereocenters. The number of halogens is 1. The van der Waals surface area contributed by atoms with Gasteiger partial charge < -0.3 is 15.0 Å². The molecule has 2 N–H and O–H groups in total. The molecule has 2 heterocycles. The lowest BCUT2D eigenvalue weighted by Crippen LogP contribution is -2.14. The first-order valence-corrected chi connectivity index (χ1v) is 8.71. The molecule has 0 saturated carbocycles. The van der Waals surface area contributed by atoms with Gasteiger partial charge in [-0.3, -0.25) is 4.57 Å². The van der Waals surface area contributed by atoms with Gasteiger partial charge in [0, 0.05) is 16.8 Å². The minimum absolute atomic E-state index is 0.225. The second kappa shape index (κ2) is 6.81. The molecule has 0 fully saturated rings. The van der Waals surface area contributed by atoms with E-state index in [0.29, 0.717) is 16.4 Å². The molecule has 0 aliphatic heterocycles. The fraction of sp³-hybridized carbons (Fsp3) is 0.100. The average Bonchev–Trinajstić information content (AvgIpc) is 2.99. The maximum Gasteiger partial charge on any atom is 0.331 e. The quantitative estimate of drug-likeness (QED) is 0.549. The summed E-state index contributed by atoms with van der Waals surface area (Å²) in [5.41, 5.74) is 3.82. The smallest absolute Gasteiger partial charge is 0.331 e. The first-order chi connectivity index (χ1) is 13.0. The van der Waals surface area contributed by atoms with Crippen molar-refractivity contribution in [2.75, 3.05) is 12.4 Å². The number of nitrogens with zero attached hydrogens (tertiary/aromatic N) is 2. The summed E-state index contributed by atoms with van der Waals surface area (Å²) in [7, 11) is 1.61. The van der Waals surface area contributed by atoms with Crippen LogP contribution < -0.4 is 15.7 Å². The standard InChI is InChI=1S/C20H17ClN4O2/c1-12-9-13(21)3-8-16(12)23-19-10-18-17(11-22-19)24-20(26)25(18)14-4-6-15(27-2)7-5-14/h3-11H,1-2H3,(H,22,23)(H,24,26). The summed E-state index contributed by atoms with van der Waals surface area (Å²) in [6.45, 7) is 1.97. The van der Waals surface area contributed by atoms with E-state index in [9.17, 15) is 4.79 Å². The number of nitrogens with one attached hydrogen (secondary N) is 2. The monoisotopic (exact) mass is 380 g/mol. The average molecular weight is 381 g/mol. The summed E-state index contributed by atoms with van der Waals surface area (Å²) in [5.74, 6) is 1.36. The predicted molar refractivity (Wildman–Crippen MR) is 108 cm³/mol. The van der Waals surface area contributed by atoms with Crippen molar-refractivity contribution in [1.29, 1.82) is 0 Å². The van der Waals surface area contributed by atoms with Gasteiger partial charge in [-0.25, -0.2) is 9.78 Å².